The molecule has 1 aliphatic carbocycles. The van der Waals surface area contributed by atoms with Crippen molar-refractivity contribution in [3.63, 3.8) is 0 Å². The summed E-state index contributed by atoms with van der Waals surface area (Å²) in [4.78, 5) is 4.74. The van der Waals surface area contributed by atoms with Crippen LogP contribution in [0, 0.1) is 18.8 Å². The predicted octanol–water partition coefficient (Wildman–Crippen LogP) is 2.66. The van der Waals surface area contributed by atoms with Gasteiger partial charge >= 0.3 is 0 Å². The van der Waals surface area contributed by atoms with Crippen molar-refractivity contribution in [1.29, 1.82) is 0 Å². The SMILES string of the molecule is Cc1nc2c(n1CC1CCCCC1C)CCNC2. The Morgan fingerprint density at radius 2 is 2.17 bits per heavy atom. The van der Waals surface area contributed by atoms with Crippen LogP contribution in [0.1, 0.15) is 49.8 Å². The lowest BCUT2D eigenvalue weighted by atomic mass is 9.80. The summed E-state index contributed by atoms with van der Waals surface area (Å²) < 4.78 is 2.52. The molecule has 2 heterocycles. The van der Waals surface area contributed by atoms with Crippen molar-refractivity contribution in [2.24, 2.45) is 11.8 Å². The number of aromatic nitrogens is 2. The number of imidazole rings is 1. The Morgan fingerprint density at radius 1 is 1.33 bits per heavy atom. The van der Waals surface area contributed by atoms with Crippen LogP contribution in [0.15, 0.2) is 0 Å². The Bertz CT molecular complexity index is 422. The number of nitrogens with zero attached hydrogens (tertiary/aromatic N) is 2. The third-order valence-corrected chi connectivity index (χ3v) is 4.88. The van der Waals surface area contributed by atoms with E-state index in [1.165, 1.54) is 49.4 Å². The van der Waals surface area contributed by atoms with Gasteiger partial charge in [0.05, 0.1) is 5.69 Å². The molecule has 1 saturated carbocycles. The zero-order valence-electron chi connectivity index (χ0n) is 11.7. The third kappa shape index (κ3) is 2.20. The van der Waals surface area contributed by atoms with E-state index >= 15 is 0 Å². The highest BCUT2D eigenvalue weighted by atomic mass is 15.1. The van der Waals surface area contributed by atoms with Crippen LogP contribution in [0.4, 0.5) is 0 Å². The van der Waals surface area contributed by atoms with Crippen LogP contribution in [0.5, 0.6) is 0 Å². The molecular formula is C15H25N3. The quantitative estimate of drug-likeness (QED) is 0.870. The van der Waals surface area contributed by atoms with Crippen LogP contribution in [0.25, 0.3) is 0 Å². The molecular weight excluding hydrogens is 222 g/mol. The summed E-state index contributed by atoms with van der Waals surface area (Å²) in [5.74, 6) is 2.98. The Kier molecular flexibility index (Phi) is 3.42. The Labute approximate surface area is 110 Å². The zero-order chi connectivity index (χ0) is 12.5. The second-order valence-electron chi connectivity index (χ2n) is 6.11. The fraction of sp³-hybridized carbons (Fsp3) is 0.800. The summed E-state index contributed by atoms with van der Waals surface area (Å²) in [5, 5.41) is 3.42. The minimum absolute atomic E-state index is 0.866. The van der Waals surface area contributed by atoms with Gasteiger partial charge in [-0.05, 0) is 25.2 Å². The van der Waals surface area contributed by atoms with Crippen LogP contribution < -0.4 is 5.32 Å². The van der Waals surface area contributed by atoms with Gasteiger partial charge < -0.3 is 9.88 Å². The molecule has 18 heavy (non-hydrogen) atoms. The Hall–Kier alpha value is -0.830. The predicted molar refractivity (Wildman–Crippen MR) is 73.5 cm³/mol. The normalized spacial score (nSPS) is 28.1. The molecule has 1 aromatic rings. The fourth-order valence-electron chi connectivity index (χ4n) is 3.65. The third-order valence-electron chi connectivity index (χ3n) is 4.88. The maximum absolute atomic E-state index is 4.74. The van der Waals surface area contributed by atoms with Crippen molar-refractivity contribution in [2.45, 2.75) is 59.0 Å². The lowest BCUT2D eigenvalue weighted by molar-refractivity contribution is 0.225. The number of rotatable bonds is 2. The largest absolute Gasteiger partial charge is 0.332 e. The molecule has 3 rings (SSSR count). The minimum atomic E-state index is 0.866. The van der Waals surface area contributed by atoms with E-state index in [0.717, 1.165) is 31.3 Å². The van der Waals surface area contributed by atoms with Crippen molar-refractivity contribution in [2.75, 3.05) is 6.54 Å². The van der Waals surface area contributed by atoms with Gasteiger partial charge in [-0.2, -0.15) is 0 Å². The van der Waals surface area contributed by atoms with Gasteiger partial charge in [0, 0.05) is 31.7 Å². The highest BCUT2D eigenvalue weighted by molar-refractivity contribution is 5.20. The monoisotopic (exact) mass is 247 g/mol. The lowest BCUT2D eigenvalue weighted by Crippen LogP contribution is -2.27. The van der Waals surface area contributed by atoms with E-state index in [4.69, 9.17) is 4.98 Å². The van der Waals surface area contributed by atoms with E-state index in [9.17, 15) is 0 Å². The van der Waals surface area contributed by atoms with Crippen LogP contribution in [0.3, 0.4) is 0 Å². The van der Waals surface area contributed by atoms with E-state index in [2.05, 4.69) is 23.7 Å². The van der Waals surface area contributed by atoms with Gasteiger partial charge in [0.25, 0.3) is 0 Å². The minimum Gasteiger partial charge on any atom is -0.332 e. The lowest BCUT2D eigenvalue weighted by Gasteiger charge is -2.30. The van der Waals surface area contributed by atoms with E-state index < -0.39 is 0 Å². The number of hydrogen-bond donors (Lipinski definition) is 1. The number of nitrogens with one attached hydrogen (secondary N) is 1. The molecule has 3 heteroatoms. The van der Waals surface area contributed by atoms with Crippen LogP contribution in [0.2, 0.25) is 0 Å². The van der Waals surface area contributed by atoms with Gasteiger partial charge in [-0.3, -0.25) is 0 Å². The van der Waals surface area contributed by atoms with Crippen molar-refractivity contribution in [1.82, 2.24) is 14.9 Å². The molecule has 1 aromatic heterocycles. The molecule has 0 aromatic carbocycles. The van der Waals surface area contributed by atoms with Gasteiger partial charge in [-0.1, -0.05) is 26.2 Å². The molecule has 0 bridgehead atoms. The van der Waals surface area contributed by atoms with Gasteiger partial charge in [0.15, 0.2) is 0 Å². The molecule has 1 fully saturated rings. The Morgan fingerprint density at radius 3 is 3.00 bits per heavy atom. The van der Waals surface area contributed by atoms with E-state index in [1.54, 1.807) is 0 Å². The summed E-state index contributed by atoms with van der Waals surface area (Å²) >= 11 is 0. The number of fused-ring (bicyclic) bond motifs is 1. The highest BCUT2D eigenvalue weighted by Gasteiger charge is 2.25. The van der Waals surface area contributed by atoms with Gasteiger partial charge in [-0.25, -0.2) is 4.98 Å². The van der Waals surface area contributed by atoms with E-state index in [0.29, 0.717) is 0 Å². The molecule has 0 spiro atoms. The van der Waals surface area contributed by atoms with Gasteiger partial charge in [-0.15, -0.1) is 0 Å². The smallest absolute Gasteiger partial charge is 0.106 e. The van der Waals surface area contributed by atoms with Gasteiger partial charge in [0.2, 0.25) is 0 Å². The summed E-state index contributed by atoms with van der Waals surface area (Å²) in [5.41, 5.74) is 2.80. The first-order valence-corrected chi connectivity index (χ1v) is 7.51. The summed E-state index contributed by atoms with van der Waals surface area (Å²) in [6.45, 7) is 7.88. The number of hydrogen-bond acceptors (Lipinski definition) is 2. The molecule has 2 aliphatic rings. The second-order valence-corrected chi connectivity index (χ2v) is 6.11. The fourth-order valence-corrected chi connectivity index (χ4v) is 3.65. The first-order chi connectivity index (χ1) is 8.75. The summed E-state index contributed by atoms with van der Waals surface area (Å²) in [6, 6.07) is 0. The van der Waals surface area contributed by atoms with Crippen LogP contribution in [-0.2, 0) is 19.5 Å². The Balaban J connectivity index is 1.81. The summed E-state index contributed by atoms with van der Waals surface area (Å²) in [6.07, 6.45) is 6.83. The van der Waals surface area contributed by atoms with Crippen LogP contribution >= 0.6 is 0 Å². The highest BCUT2D eigenvalue weighted by Crippen LogP contribution is 2.32. The summed E-state index contributed by atoms with van der Waals surface area (Å²) in [7, 11) is 0. The van der Waals surface area contributed by atoms with E-state index in [-0.39, 0.29) is 0 Å². The molecule has 100 valence electrons. The maximum atomic E-state index is 4.74. The topological polar surface area (TPSA) is 29.9 Å². The molecule has 1 N–H and O–H groups in total. The molecule has 0 radical (unpaired) electrons. The van der Waals surface area contributed by atoms with E-state index in [1.807, 2.05) is 0 Å². The number of aryl methyl sites for hydroxylation is 1. The molecule has 1 aliphatic heterocycles. The van der Waals surface area contributed by atoms with Crippen molar-refractivity contribution in [3.05, 3.63) is 17.2 Å². The first-order valence-electron chi connectivity index (χ1n) is 7.51. The van der Waals surface area contributed by atoms with Gasteiger partial charge in [0.1, 0.15) is 5.82 Å². The zero-order valence-corrected chi connectivity index (χ0v) is 11.7. The molecule has 0 amide bonds. The molecule has 0 saturated heterocycles. The average molecular weight is 247 g/mol. The van der Waals surface area contributed by atoms with Crippen LogP contribution in [-0.4, -0.2) is 16.1 Å². The van der Waals surface area contributed by atoms with Crippen molar-refractivity contribution in [3.8, 4) is 0 Å². The first kappa shape index (κ1) is 12.2. The standard InChI is InChI=1S/C15H25N3/c1-11-5-3-4-6-13(11)10-18-12(2)17-14-9-16-8-7-15(14)18/h11,13,16H,3-10H2,1-2H3. The molecule has 2 unspecified atom stereocenters. The van der Waals surface area contributed by atoms with Crippen molar-refractivity contribution >= 4 is 0 Å². The maximum Gasteiger partial charge on any atom is 0.106 e. The second kappa shape index (κ2) is 5.04. The average Bonchev–Trinajstić information content (AvgIpc) is 2.69. The van der Waals surface area contributed by atoms with Crippen molar-refractivity contribution < 1.29 is 0 Å². The molecule has 2 atom stereocenters. The molecule has 3 nitrogen and oxygen atoms in total.